The second-order valence-corrected chi connectivity index (χ2v) is 5.13. The lowest BCUT2D eigenvalue weighted by Crippen LogP contribution is -2.48. The minimum Gasteiger partial charge on any atom is -0.492 e. The van der Waals surface area contributed by atoms with Gasteiger partial charge in [0.05, 0.1) is 24.4 Å². The Morgan fingerprint density at radius 3 is 2.74 bits per heavy atom. The van der Waals surface area contributed by atoms with Crippen LogP contribution in [-0.4, -0.2) is 29.9 Å². The van der Waals surface area contributed by atoms with Crippen LogP contribution in [0.25, 0.3) is 0 Å². The van der Waals surface area contributed by atoms with Gasteiger partial charge in [-0.1, -0.05) is 11.6 Å². The fourth-order valence-corrected chi connectivity index (χ4v) is 1.54. The molecule has 0 bridgehead atoms. The molecule has 0 spiro atoms. The number of rotatable bonds is 5. The quantitative estimate of drug-likeness (QED) is 0.779. The van der Waals surface area contributed by atoms with E-state index in [1.54, 1.807) is 32.0 Å². The van der Waals surface area contributed by atoms with Gasteiger partial charge in [-0.05, 0) is 32.9 Å². The summed E-state index contributed by atoms with van der Waals surface area (Å²) in [4.78, 5) is 11.8. The molecular formula is C13H19ClN2O3. The number of aliphatic hydroxyl groups excluding tert-OH is 1. The molecule has 3 N–H and O–H groups in total. The van der Waals surface area contributed by atoms with Gasteiger partial charge in [-0.15, -0.1) is 0 Å². The van der Waals surface area contributed by atoms with Crippen LogP contribution in [-0.2, 0) is 0 Å². The zero-order chi connectivity index (χ0) is 14.5. The van der Waals surface area contributed by atoms with Gasteiger partial charge >= 0.3 is 6.03 Å². The van der Waals surface area contributed by atoms with Gasteiger partial charge in [0.15, 0.2) is 0 Å². The minimum atomic E-state index is -0.692. The summed E-state index contributed by atoms with van der Waals surface area (Å²) in [5, 5.41) is 15.0. The molecule has 0 fully saturated rings. The summed E-state index contributed by atoms with van der Waals surface area (Å²) in [5.41, 5.74) is -0.167. The molecule has 1 aromatic rings. The molecule has 1 aromatic carbocycles. The molecular weight excluding hydrogens is 268 g/mol. The molecule has 19 heavy (non-hydrogen) atoms. The van der Waals surface area contributed by atoms with E-state index in [-0.39, 0.29) is 6.61 Å². The second kappa shape index (κ2) is 6.63. The van der Waals surface area contributed by atoms with Gasteiger partial charge in [-0.3, -0.25) is 0 Å². The molecule has 0 aliphatic rings. The molecule has 0 aliphatic heterocycles. The summed E-state index contributed by atoms with van der Waals surface area (Å²) < 4.78 is 5.40. The van der Waals surface area contributed by atoms with Crippen LogP contribution in [0, 0.1) is 0 Å². The number of carbonyl (C=O) groups excluding carboxylic acids is 1. The fraction of sp³-hybridized carbons (Fsp3) is 0.462. The zero-order valence-electron chi connectivity index (χ0n) is 11.3. The highest BCUT2D eigenvalue weighted by Crippen LogP contribution is 2.28. The van der Waals surface area contributed by atoms with Crippen molar-refractivity contribution in [1.29, 1.82) is 0 Å². The molecule has 0 atom stereocenters. The average molecular weight is 287 g/mol. The second-order valence-electron chi connectivity index (χ2n) is 4.69. The third-order valence-electron chi connectivity index (χ3n) is 2.34. The topological polar surface area (TPSA) is 70.6 Å². The molecule has 2 amide bonds. The Kier molecular flexibility index (Phi) is 5.44. The highest BCUT2D eigenvalue weighted by molar-refractivity contribution is 6.30. The molecule has 0 unspecified atom stereocenters. The van der Waals surface area contributed by atoms with Crippen molar-refractivity contribution in [3.05, 3.63) is 23.2 Å². The van der Waals surface area contributed by atoms with E-state index in [2.05, 4.69) is 10.6 Å². The van der Waals surface area contributed by atoms with Gasteiger partial charge in [-0.25, -0.2) is 4.79 Å². The van der Waals surface area contributed by atoms with E-state index in [0.29, 0.717) is 23.1 Å². The Balaban J connectivity index is 2.79. The van der Waals surface area contributed by atoms with Crippen LogP contribution in [0.15, 0.2) is 18.2 Å². The number of hydrogen-bond acceptors (Lipinski definition) is 3. The van der Waals surface area contributed by atoms with Crippen LogP contribution < -0.4 is 15.4 Å². The SMILES string of the molecule is CCOc1cc(Cl)ccc1NC(=O)NC(C)(C)CO. The number of benzene rings is 1. The van der Waals surface area contributed by atoms with Crippen molar-refractivity contribution >= 4 is 23.3 Å². The third-order valence-corrected chi connectivity index (χ3v) is 2.57. The summed E-state index contributed by atoms with van der Waals surface area (Å²) >= 11 is 5.88. The number of hydrogen-bond donors (Lipinski definition) is 3. The Hall–Kier alpha value is -1.46. The van der Waals surface area contributed by atoms with Gasteiger partial charge in [0, 0.05) is 11.1 Å². The fourth-order valence-electron chi connectivity index (χ4n) is 1.37. The van der Waals surface area contributed by atoms with Crippen LogP contribution in [0.1, 0.15) is 20.8 Å². The van der Waals surface area contributed by atoms with Gasteiger partial charge in [-0.2, -0.15) is 0 Å². The molecule has 1 rings (SSSR count). The average Bonchev–Trinajstić information content (AvgIpc) is 2.32. The lowest BCUT2D eigenvalue weighted by atomic mass is 10.1. The van der Waals surface area contributed by atoms with E-state index < -0.39 is 11.6 Å². The Morgan fingerprint density at radius 2 is 2.16 bits per heavy atom. The third kappa shape index (κ3) is 4.96. The van der Waals surface area contributed by atoms with Crippen LogP contribution in [0.2, 0.25) is 5.02 Å². The van der Waals surface area contributed by atoms with Crippen molar-refractivity contribution in [3.8, 4) is 5.75 Å². The van der Waals surface area contributed by atoms with Crippen molar-refractivity contribution in [2.75, 3.05) is 18.5 Å². The number of ether oxygens (including phenoxy) is 1. The number of anilines is 1. The maximum absolute atomic E-state index is 11.8. The van der Waals surface area contributed by atoms with Crippen molar-refractivity contribution in [1.82, 2.24) is 5.32 Å². The smallest absolute Gasteiger partial charge is 0.319 e. The van der Waals surface area contributed by atoms with Gasteiger partial charge in [0.2, 0.25) is 0 Å². The van der Waals surface area contributed by atoms with Gasteiger partial charge in [0.1, 0.15) is 5.75 Å². The highest BCUT2D eigenvalue weighted by atomic mass is 35.5. The van der Waals surface area contributed by atoms with E-state index in [4.69, 9.17) is 21.4 Å². The Bertz CT molecular complexity index is 450. The van der Waals surface area contributed by atoms with E-state index >= 15 is 0 Å². The summed E-state index contributed by atoms with van der Waals surface area (Å²) in [6, 6.07) is 4.55. The van der Waals surface area contributed by atoms with E-state index in [9.17, 15) is 4.79 Å². The Labute approximate surface area is 117 Å². The number of carbonyl (C=O) groups is 1. The molecule has 0 saturated heterocycles. The lowest BCUT2D eigenvalue weighted by Gasteiger charge is -2.24. The molecule has 106 valence electrons. The largest absolute Gasteiger partial charge is 0.492 e. The molecule has 0 aliphatic carbocycles. The van der Waals surface area contributed by atoms with Crippen LogP contribution in [0.3, 0.4) is 0 Å². The van der Waals surface area contributed by atoms with E-state index in [1.165, 1.54) is 0 Å². The first-order chi connectivity index (χ1) is 8.88. The first-order valence-electron chi connectivity index (χ1n) is 6.00. The van der Waals surface area contributed by atoms with Crippen LogP contribution in [0.5, 0.6) is 5.75 Å². The van der Waals surface area contributed by atoms with Crippen molar-refractivity contribution < 1.29 is 14.6 Å². The maximum Gasteiger partial charge on any atom is 0.319 e. The molecule has 5 nitrogen and oxygen atoms in total. The summed E-state index contributed by atoms with van der Waals surface area (Å²) in [6.45, 7) is 5.60. The van der Waals surface area contributed by atoms with Crippen LogP contribution in [0.4, 0.5) is 10.5 Å². The Morgan fingerprint density at radius 1 is 1.47 bits per heavy atom. The van der Waals surface area contributed by atoms with Gasteiger partial charge < -0.3 is 20.5 Å². The summed E-state index contributed by atoms with van der Waals surface area (Å²) in [5.74, 6) is 0.506. The predicted octanol–water partition coefficient (Wildman–Crippen LogP) is 2.63. The van der Waals surface area contributed by atoms with E-state index in [0.717, 1.165) is 0 Å². The number of urea groups is 1. The maximum atomic E-state index is 11.8. The summed E-state index contributed by atoms with van der Waals surface area (Å²) in [7, 11) is 0. The predicted molar refractivity (Wildman–Crippen MR) is 75.9 cm³/mol. The van der Waals surface area contributed by atoms with E-state index in [1.807, 2.05) is 6.92 Å². The molecule has 0 radical (unpaired) electrons. The summed E-state index contributed by atoms with van der Waals surface area (Å²) in [6.07, 6.45) is 0. The normalized spacial score (nSPS) is 11.0. The van der Waals surface area contributed by atoms with Crippen molar-refractivity contribution in [2.45, 2.75) is 26.3 Å². The van der Waals surface area contributed by atoms with Crippen LogP contribution >= 0.6 is 11.6 Å². The number of nitrogens with one attached hydrogen (secondary N) is 2. The molecule has 6 heteroatoms. The monoisotopic (exact) mass is 286 g/mol. The standard InChI is InChI=1S/C13H19ClN2O3/c1-4-19-11-7-9(14)5-6-10(11)15-12(18)16-13(2,3)8-17/h5-7,17H,4,8H2,1-3H3,(H2,15,16,18). The first kappa shape index (κ1) is 15.6. The van der Waals surface area contributed by atoms with Crippen molar-refractivity contribution in [2.24, 2.45) is 0 Å². The highest BCUT2D eigenvalue weighted by Gasteiger charge is 2.19. The zero-order valence-corrected chi connectivity index (χ0v) is 12.0. The number of halogens is 1. The van der Waals surface area contributed by atoms with Crippen molar-refractivity contribution in [3.63, 3.8) is 0 Å². The molecule has 0 heterocycles. The van der Waals surface area contributed by atoms with Gasteiger partial charge in [0.25, 0.3) is 0 Å². The molecule has 0 saturated carbocycles. The molecule has 0 aromatic heterocycles. The number of amides is 2. The minimum absolute atomic E-state index is 0.153. The number of aliphatic hydroxyl groups is 1. The first-order valence-corrected chi connectivity index (χ1v) is 6.38. The lowest BCUT2D eigenvalue weighted by molar-refractivity contribution is 0.187.